The monoisotopic (exact) mass is 389 g/mol. The minimum absolute atomic E-state index is 0.108. The predicted octanol–water partition coefficient (Wildman–Crippen LogP) is 3.50. The summed E-state index contributed by atoms with van der Waals surface area (Å²) >= 11 is 0. The Morgan fingerprint density at radius 1 is 1.10 bits per heavy atom. The third-order valence-corrected chi connectivity index (χ3v) is 4.88. The number of hydrogen-bond donors (Lipinski definition) is 1. The summed E-state index contributed by atoms with van der Waals surface area (Å²) in [5.74, 6) is 1.96. The van der Waals surface area contributed by atoms with Crippen LogP contribution >= 0.6 is 0 Å². The highest BCUT2D eigenvalue weighted by Crippen LogP contribution is 2.34. The molecule has 6 heteroatoms. The normalized spacial score (nSPS) is 15.2. The summed E-state index contributed by atoms with van der Waals surface area (Å²) in [5.41, 5.74) is 4.21. The molecule has 2 aromatic carbocycles. The lowest BCUT2D eigenvalue weighted by Crippen LogP contribution is -2.42. The van der Waals surface area contributed by atoms with E-state index in [1.54, 1.807) is 13.2 Å². The zero-order chi connectivity index (χ0) is 20.4. The van der Waals surface area contributed by atoms with Crippen LogP contribution in [0.2, 0.25) is 0 Å². The largest absolute Gasteiger partial charge is 0.493 e. The van der Waals surface area contributed by atoms with Crippen molar-refractivity contribution in [3.63, 3.8) is 0 Å². The number of benzene rings is 2. The molecule has 2 heterocycles. The fraction of sp³-hybridized carbons (Fsp3) is 0.261. The maximum atomic E-state index is 12.8. The number of fused-ring (bicyclic) bond motifs is 1. The first-order valence-electron chi connectivity index (χ1n) is 9.56. The number of ether oxygens (including phenoxy) is 2. The molecule has 29 heavy (non-hydrogen) atoms. The number of amides is 1. The van der Waals surface area contributed by atoms with Crippen molar-refractivity contribution in [1.82, 2.24) is 15.3 Å². The molecule has 0 saturated heterocycles. The van der Waals surface area contributed by atoms with Crippen molar-refractivity contribution in [2.75, 3.05) is 13.7 Å². The van der Waals surface area contributed by atoms with Gasteiger partial charge in [0.05, 0.1) is 13.2 Å². The molecule has 0 bridgehead atoms. The fourth-order valence-corrected chi connectivity index (χ4v) is 3.57. The van der Waals surface area contributed by atoms with Gasteiger partial charge in [0.15, 0.2) is 17.3 Å². The van der Waals surface area contributed by atoms with E-state index in [1.165, 1.54) is 0 Å². The van der Waals surface area contributed by atoms with Gasteiger partial charge < -0.3 is 14.8 Å². The first kappa shape index (κ1) is 18.9. The zero-order valence-electron chi connectivity index (χ0n) is 16.7. The van der Waals surface area contributed by atoms with E-state index in [2.05, 4.69) is 15.3 Å². The number of nitrogens with zero attached hydrogens (tertiary/aromatic N) is 2. The topological polar surface area (TPSA) is 73.3 Å². The Bertz CT molecular complexity index is 1040. The molecule has 6 nitrogen and oxygen atoms in total. The molecule has 1 aliphatic rings. The standard InChI is InChI=1S/C23H23N3O3/c1-14-10-15(2)25-22(24-14)17-7-4-8-18(11-17)23(27)26-19-12-16-6-5-9-20(28-3)21(16)29-13-19/h4-11,19H,12-13H2,1-3H3,(H,26,27). The van der Waals surface area contributed by atoms with Crippen LogP contribution in [-0.4, -0.2) is 35.6 Å². The first-order chi connectivity index (χ1) is 14.0. The van der Waals surface area contributed by atoms with Crippen LogP contribution in [0.5, 0.6) is 11.5 Å². The second-order valence-electron chi connectivity index (χ2n) is 7.19. The van der Waals surface area contributed by atoms with Crippen molar-refractivity contribution >= 4 is 5.91 Å². The van der Waals surface area contributed by atoms with E-state index in [1.807, 2.05) is 56.3 Å². The van der Waals surface area contributed by atoms with E-state index in [-0.39, 0.29) is 11.9 Å². The van der Waals surface area contributed by atoms with Crippen LogP contribution in [0.4, 0.5) is 0 Å². The molecular weight excluding hydrogens is 366 g/mol. The number of aryl methyl sites for hydroxylation is 2. The average Bonchev–Trinajstić information content (AvgIpc) is 2.72. The average molecular weight is 389 g/mol. The quantitative estimate of drug-likeness (QED) is 0.739. The van der Waals surface area contributed by atoms with Gasteiger partial charge in [0.2, 0.25) is 0 Å². The van der Waals surface area contributed by atoms with E-state index in [4.69, 9.17) is 9.47 Å². The highest BCUT2D eigenvalue weighted by Gasteiger charge is 2.24. The summed E-state index contributed by atoms with van der Waals surface area (Å²) in [6.07, 6.45) is 0.693. The summed E-state index contributed by atoms with van der Waals surface area (Å²) < 4.78 is 11.2. The molecule has 1 amide bonds. The Morgan fingerprint density at radius 2 is 1.86 bits per heavy atom. The van der Waals surface area contributed by atoms with Crippen molar-refractivity contribution in [1.29, 1.82) is 0 Å². The number of carbonyl (C=O) groups is 1. The minimum atomic E-state index is -0.142. The molecule has 0 fully saturated rings. The summed E-state index contributed by atoms with van der Waals surface area (Å²) in [6, 6.07) is 15.0. The molecule has 148 valence electrons. The van der Waals surface area contributed by atoms with Crippen molar-refractivity contribution in [3.05, 3.63) is 71.0 Å². The van der Waals surface area contributed by atoms with Crippen molar-refractivity contribution in [3.8, 4) is 22.9 Å². The predicted molar refractivity (Wildman–Crippen MR) is 110 cm³/mol. The summed E-state index contributed by atoms with van der Waals surface area (Å²) in [6.45, 7) is 4.27. The Hall–Kier alpha value is -3.41. The van der Waals surface area contributed by atoms with E-state index in [0.29, 0.717) is 30.2 Å². The Morgan fingerprint density at radius 3 is 2.62 bits per heavy atom. The minimum Gasteiger partial charge on any atom is -0.493 e. The summed E-state index contributed by atoms with van der Waals surface area (Å²) in [5, 5.41) is 3.07. The molecule has 3 aromatic rings. The first-order valence-corrected chi connectivity index (χ1v) is 9.56. The van der Waals surface area contributed by atoms with Crippen LogP contribution in [0, 0.1) is 13.8 Å². The molecule has 1 unspecified atom stereocenters. The number of carbonyl (C=O) groups excluding carboxylic acids is 1. The van der Waals surface area contributed by atoms with Gasteiger partial charge in [-0.15, -0.1) is 0 Å². The molecule has 4 rings (SSSR count). The van der Waals surface area contributed by atoms with Crippen LogP contribution < -0.4 is 14.8 Å². The maximum Gasteiger partial charge on any atom is 0.251 e. The molecule has 0 aliphatic carbocycles. The lowest BCUT2D eigenvalue weighted by Gasteiger charge is -2.27. The molecule has 1 N–H and O–H groups in total. The molecule has 1 aromatic heterocycles. The number of methoxy groups -OCH3 is 1. The highest BCUT2D eigenvalue weighted by molar-refractivity contribution is 5.95. The second kappa shape index (κ2) is 7.91. The van der Waals surface area contributed by atoms with E-state index in [9.17, 15) is 4.79 Å². The SMILES string of the molecule is COc1cccc2c1OCC(NC(=O)c1cccc(-c3nc(C)cc(C)n3)c1)C2. The van der Waals surface area contributed by atoms with Crippen LogP contribution in [0.25, 0.3) is 11.4 Å². The van der Waals surface area contributed by atoms with E-state index >= 15 is 0 Å². The molecule has 0 radical (unpaired) electrons. The number of rotatable bonds is 4. The number of nitrogens with one attached hydrogen (secondary N) is 1. The van der Waals surface area contributed by atoms with Crippen LogP contribution in [0.3, 0.4) is 0 Å². The van der Waals surface area contributed by atoms with Crippen LogP contribution in [0.15, 0.2) is 48.5 Å². The fourth-order valence-electron chi connectivity index (χ4n) is 3.57. The van der Waals surface area contributed by atoms with Gasteiger partial charge in [0.25, 0.3) is 5.91 Å². The van der Waals surface area contributed by atoms with Gasteiger partial charge in [-0.3, -0.25) is 4.79 Å². The van der Waals surface area contributed by atoms with Gasteiger partial charge >= 0.3 is 0 Å². The van der Waals surface area contributed by atoms with Crippen LogP contribution in [-0.2, 0) is 6.42 Å². The lowest BCUT2D eigenvalue weighted by molar-refractivity contribution is 0.0914. The molecule has 1 atom stereocenters. The van der Waals surface area contributed by atoms with Gasteiger partial charge in [-0.1, -0.05) is 24.3 Å². The molecule has 0 saturated carbocycles. The molecule has 1 aliphatic heterocycles. The Kier molecular flexibility index (Phi) is 5.16. The number of hydrogen-bond acceptors (Lipinski definition) is 5. The molecular formula is C23H23N3O3. The van der Waals surface area contributed by atoms with E-state index < -0.39 is 0 Å². The van der Waals surface area contributed by atoms with Gasteiger partial charge in [0, 0.05) is 28.1 Å². The van der Waals surface area contributed by atoms with Crippen molar-refractivity contribution < 1.29 is 14.3 Å². The smallest absolute Gasteiger partial charge is 0.251 e. The van der Waals surface area contributed by atoms with Crippen molar-refractivity contribution in [2.45, 2.75) is 26.3 Å². The third kappa shape index (κ3) is 4.06. The Balaban J connectivity index is 1.51. The Labute approximate surface area is 169 Å². The maximum absolute atomic E-state index is 12.8. The number of aromatic nitrogens is 2. The molecule has 0 spiro atoms. The van der Waals surface area contributed by atoms with Gasteiger partial charge in [0.1, 0.15) is 6.61 Å². The van der Waals surface area contributed by atoms with Crippen molar-refractivity contribution in [2.24, 2.45) is 0 Å². The number of para-hydroxylation sites is 1. The third-order valence-electron chi connectivity index (χ3n) is 4.88. The zero-order valence-corrected chi connectivity index (χ0v) is 16.7. The highest BCUT2D eigenvalue weighted by atomic mass is 16.5. The van der Waals surface area contributed by atoms with Gasteiger partial charge in [-0.2, -0.15) is 0 Å². The lowest BCUT2D eigenvalue weighted by atomic mass is 10.0. The van der Waals surface area contributed by atoms with Gasteiger partial charge in [-0.05, 0) is 44.5 Å². The van der Waals surface area contributed by atoms with Crippen LogP contribution in [0.1, 0.15) is 27.3 Å². The summed E-state index contributed by atoms with van der Waals surface area (Å²) in [4.78, 5) is 21.8. The summed E-state index contributed by atoms with van der Waals surface area (Å²) in [7, 11) is 1.62. The second-order valence-corrected chi connectivity index (χ2v) is 7.19. The van der Waals surface area contributed by atoms with E-state index in [0.717, 1.165) is 28.3 Å². The van der Waals surface area contributed by atoms with Gasteiger partial charge in [-0.25, -0.2) is 9.97 Å².